The second-order valence-electron chi connectivity index (χ2n) is 6.74. The molecule has 0 aromatic heterocycles. The van der Waals surface area contributed by atoms with Crippen LogP contribution in [0.2, 0.25) is 10.0 Å². The fraction of sp³-hybridized carbons (Fsp3) is 0.174. The Morgan fingerprint density at radius 1 is 1.00 bits per heavy atom. The summed E-state index contributed by atoms with van der Waals surface area (Å²) in [6, 6.07) is 16.4. The molecule has 0 radical (unpaired) electrons. The smallest absolute Gasteiger partial charge is 0.337 e. The molecule has 7 heteroatoms. The lowest BCUT2D eigenvalue weighted by Gasteiger charge is -2.15. The summed E-state index contributed by atoms with van der Waals surface area (Å²) in [5.41, 5.74) is 3.84. The van der Waals surface area contributed by atoms with Gasteiger partial charge in [-0.2, -0.15) is 0 Å². The number of hydrogen-bond acceptors (Lipinski definition) is 4. The molecule has 0 unspecified atom stereocenters. The molecule has 156 valence electrons. The summed E-state index contributed by atoms with van der Waals surface area (Å²) in [4.78, 5) is 11.1. The van der Waals surface area contributed by atoms with Gasteiger partial charge >= 0.3 is 5.97 Å². The van der Waals surface area contributed by atoms with Crippen LogP contribution < -0.4 is 14.8 Å². The van der Waals surface area contributed by atoms with E-state index >= 15 is 0 Å². The molecule has 0 bridgehead atoms. The Morgan fingerprint density at radius 3 is 2.37 bits per heavy atom. The molecule has 0 saturated heterocycles. The highest BCUT2D eigenvalue weighted by Gasteiger charge is 2.13. The van der Waals surface area contributed by atoms with Gasteiger partial charge in [0.05, 0.1) is 22.7 Å². The number of aryl methyl sites for hydroxylation is 1. The zero-order valence-electron chi connectivity index (χ0n) is 16.5. The average Bonchev–Trinajstić information content (AvgIpc) is 2.72. The molecule has 3 aromatic carbocycles. The van der Waals surface area contributed by atoms with E-state index in [2.05, 4.69) is 5.32 Å². The van der Waals surface area contributed by atoms with Crippen LogP contribution in [-0.2, 0) is 13.2 Å². The molecule has 3 aromatic rings. The van der Waals surface area contributed by atoms with E-state index in [0.29, 0.717) is 35.4 Å². The number of rotatable bonds is 8. The molecule has 3 rings (SSSR count). The van der Waals surface area contributed by atoms with Gasteiger partial charge in [-0.05, 0) is 48.4 Å². The van der Waals surface area contributed by atoms with Crippen LogP contribution in [0.4, 0.5) is 5.69 Å². The number of carboxylic acid groups (broad SMARTS) is 1. The zero-order valence-corrected chi connectivity index (χ0v) is 18.1. The number of ether oxygens (including phenoxy) is 2. The monoisotopic (exact) mass is 445 g/mol. The first-order valence-electron chi connectivity index (χ1n) is 9.19. The largest absolute Gasteiger partial charge is 0.493 e. The number of methoxy groups -OCH3 is 1. The van der Waals surface area contributed by atoms with Crippen LogP contribution in [-0.4, -0.2) is 18.2 Å². The highest BCUT2D eigenvalue weighted by molar-refractivity contribution is 6.33. The van der Waals surface area contributed by atoms with Gasteiger partial charge in [0, 0.05) is 12.2 Å². The van der Waals surface area contributed by atoms with Crippen LogP contribution in [0.15, 0.2) is 54.6 Å². The van der Waals surface area contributed by atoms with E-state index in [4.69, 9.17) is 37.8 Å². The molecule has 0 fully saturated rings. The minimum Gasteiger partial charge on any atom is -0.493 e. The Labute approximate surface area is 185 Å². The summed E-state index contributed by atoms with van der Waals surface area (Å²) in [5, 5.41) is 12.9. The van der Waals surface area contributed by atoms with Gasteiger partial charge in [0.2, 0.25) is 0 Å². The topological polar surface area (TPSA) is 67.8 Å². The highest BCUT2D eigenvalue weighted by atomic mass is 35.5. The second kappa shape index (κ2) is 9.74. The standard InChI is InChI=1S/C23H21Cl2NO4/c1-14-3-5-15(6-4-14)13-30-22-20(25)9-16(10-21(22)29-2)12-26-17-7-8-18(23(27)28)19(24)11-17/h3-11,26H,12-13H2,1-2H3,(H,27,28). The number of carboxylic acids is 1. The Bertz CT molecular complexity index is 1050. The first-order valence-corrected chi connectivity index (χ1v) is 9.94. The van der Waals surface area contributed by atoms with Crippen LogP contribution in [0.3, 0.4) is 0 Å². The fourth-order valence-electron chi connectivity index (χ4n) is 2.86. The van der Waals surface area contributed by atoms with Crippen molar-refractivity contribution < 1.29 is 19.4 Å². The molecular weight excluding hydrogens is 425 g/mol. The first-order chi connectivity index (χ1) is 14.4. The van der Waals surface area contributed by atoms with Crippen molar-refractivity contribution in [1.29, 1.82) is 0 Å². The molecule has 0 aliphatic carbocycles. The van der Waals surface area contributed by atoms with Gasteiger partial charge in [-0.3, -0.25) is 0 Å². The van der Waals surface area contributed by atoms with Gasteiger partial charge in [-0.15, -0.1) is 0 Å². The Morgan fingerprint density at radius 2 is 1.73 bits per heavy atom. The van der Waals surface area contributed by atoms with Crippen LogP contribution in [0.5, 0.6) is 11.5 Å². The third-order valence-electron chi connectivity index (χ3n) is 4.49. The number of aromatic carboxylic acids is 1. The molecule has 30 heavy (non-hydrogen) atoms. The lowest BCUT2D eigenvalue weighted by molar-refractivity contribution is 0.0697. The van der Waals surface area contributed by atoms with Crippen molar-refractivity contribution in [2.24, 2.45) is 0 Å². The van der Waals surface area contributed by atoms with Gasteiger partial charge in [0.1, 0.15) is 6.61 Å². The van der Waals surface area contributed by atoms with Crippen molar-refractivity contribution in [3.05, 3.63) is 86.9 Å². The highest BCUT2D eigenvalue weighted by Crippen LogP contribution is 2.37. The van der Waals surface area contributed by atoms with Crippen LogP contribution in [0, 0.1) is 6.92 Å². The predicted octanol–water partition coefficient (Wildman–Crippen LogP) is 6.20. The summed E-state index contributed by atoms with van der Waals surface area (Å²) in [6.07, 6.45) is 0. The fourth-order valence-corrected chi connectivity index (χ4v) is 3.41. The molecular formula is C23H21Cl2NO4. The number of benzene rings is 3. The number of anilines is 1. The molecule has 5 nitrogen and oxygen atoms in total. The third kappa shape index (κ3) is 5.38. The maximum atomic E-state index is 11.1. The normalized spacial score (nSPS) is 10.5. The number of halogens is 2. The Hall–Kier alpha value is -2.89. The van der Waals surface area contributed by atoms with Gasteiger partial charge < -0.3 is 19.9 Å². The summed E-state index contributed by atoms with van der Waals surface area (Å²) in [7, 11) is 1.56. The summed E-state index contributed by atoms with van der Waals surface area (Å²) in [5.74, 6) is -0.0488. The minimum atomic E-state index is -1.07. The van der Waals surface area contributed by atoms with Crippen LogP contribution in [0.25, 0.3) is 0 Å². The molecule has 0 spiro atoms. The van der Waals surface area contributed by atoms with Crippen LogP contribution in [0.1, 0.15) is 27.0 Å². The number of carbonyl (C=O) groups is 1. The Balaban J connectivity index is 1.71. The maximum absolute atomic E-state index is 11.1. The summed E-state index contributed by atoms with van der Waals surface area (Å²) in [6.45, 7) is 2.85. The quantitative estimate of drug-likeness (QED) is 0.431. The summed E-state index contributed by atoms with van der Waals surface area (Å²) < 4.78 is 11.4. The van der Waals surface area contributed by atoms with E-state index < -0.39 is 5.97 Å². The lowest BCUT2D eigenvalue weighted by Crippen LogP contribution is -2.03. The van der Waals surface area contributed by atoms with E-state index in [1.54, 1.807) is 25.3 Å². The molecule has 2 N–H and O–H groups in total. The molecule has 0 saturated carbocycles. The van der Waals surface area contributed by atoms with Gasteiger partial charge in [-0.25, -0.2) is 4.79 Å². The van der Waals surface area contributed by atoms with Crippen molar-refractivity contribution in [2.45, 2.75) is 20.1 Å². The maximum Gasteiger partial charge on any atom is 0.337 e. The van der Waals surface area contributed by atoms with Gasteiger partial charge in [0.25, 0.3) is 0 Å². The van der Waals surface area contributed by atoms with E-state index in [1.807, 2.05) is 37.3 Å². The van der Waals surface area contributed by atoms with Gasteiger partial charge in [0.15, 0.2) is 11.5 Å². The molecule has 0 aliphatic rings. The van der Waals surface area contributed by atoms with E-state index in [1.165, 1.54) is 11.6 Å². The molecule has 0 heterocycles. The van der Waals surface area contributed by atoms with Crippen molar-refractivity contribution in [1.82, 2.24) is 0 Å². The van der Waals surface area contributed by atoms with E-state index in [9.17, 15) is 4.79 Å². The Kier molecular flexibility index (Phi) is 7.08. The molecule has 0 amide bonds. The summed E-state index contributed by atoms with van der Waals surface area (Å²) >= 11 is 12.5. The lowest BCUT2D eigenvalue weighted by atomic mass is 10.1. The van der Waals surface area contributed by atoms with Crippen LogP contribution >= 0.6 is 23.2 Å². The minimum absolute atomic E-state index is 0.0574. The van der Waals surface area contributed by atoms with Crippen molar-refractivity contribution in [3.8, 4) is 11.5 Å². The predicted molar refractivity (Wildman–Crippen MR) is 119 cm³/mol. The van der Waals surface area contributed by atoms with E-state index in [-0.39, 0.29) is 10.6 Å². The average molecular weight is 446 g/mol. The van der Waals surface area contributed by atoms with Crippen molar-refractivity contribution in [2.75, 3.05) is 12.4 Å². The van der Waals surface area contributed by atoms with Crippen molar-refractivity contribution in [3.63, 3.8) is 0 Å². The second-order valence-corrected chi connectivity index (χ2v) is 7.55. The van der Waals surface area contributed by atoms with Crippen molar-refractivity contribution >= 4 is 34.9 Å². The SMILES string of the molecule is COc1cc(CNc2ccc(C(=O)O)c(Cl)c2)cc(Cl)c1OCc1ccc(C)cc1. The molecule has 0 atom stereocenters. The molecule has 0 aliphatic heterocycles. The van der Waals surface area contributed by atoms with E-state index in [0.717, 1.165) is 11.1 Å². The number of hydrogen-bond donors (Lipinski definition) is 2. The van der Waals surface area contributed by atoms with Gasteiger partial charge in [-0.1, -0.05) is 53.0 Å². The first kappa shape index (κ1) is 21.8. The number of nitrogens with one attached hydrogen (secondary N) is 1. The zero-order chi connectivity index (χ0) is 21.7. The third-order valence-corrected chi connectivity index (χ3v) is 5.08.